The molecule has 0 saturated carbocycles. The van der Waals surface area contributed by atoms with Gasteiger partial charge in [0.25, 0.3) is 0 Å². The van der Waals surface area contributed by atoms with Crippen LogP contribution in [-0.2, 0) is 6.54 Å². The molecule has 13 heavy (non-hydrogen) atoms. The molecule has 0 spiro atoms. The van der Waals surface area contributed by atoms with Crippen LogP contribution in [0.15, 0.2) is 12.7 Å². The van der Waals surface area contributed by atoms with Crippen molar-refractivity contribution in [2.45, 2.75) is 33.4 Å². The fourth-order valence-corrected chi connectivity index (χ4v) is 1.96. The molecule has 1 atom stereocenters. The van der Waals surface area contributed by atoms with Gasteiger partial charge in [-0.2, -0.15) is 0 Å². The Morgan fingerprint density at radius 2 is 2.31 bits per heavy atom. The van der Waals surface area contributed by atoms with Gasteiger partial charge in [-0.05, 0) is 20.8 Å². The maximum absolute atomic E-state index is 4.37. The summed E-state index contributed by atoms with van der Waals surface area (Å²) < 4.78 is 0. The van der Waals surface area contributed by atoms with Gasteiger partial charge in [-0.15, -0.1) is 17.9 Å². The van der Waals surface area contributed by atoms with Crippen molar-refractivity contribution in [2.24, 2.45) is 0 Å². The molecular formula is C10H16N2S. The molecule has 1 heterocycles. The number of nitrogens with one attached hydrogen (secondary N) is 1. The average Bonchev–Trinajstić information content (AvgIpc) is 2.41. The van der Waals surface area contributed by atoms with Crippen LogP contribution in [0.5, 0.6) is 0 Å². The van der Waals surface area contributed by atoms with Crippen molar-refractivity contribution in [1.82, 2.24) is 10.3 Å². The van der Waals surface area contributed by atoms with Crippen LogP contribution >= 0.6 is 11.3 Å². The van der Waals surface area contributed by atoms with E-state index in [1.807, 2.05) is 13.0 Å². The van der Waals surface area contributed by atoms with E-state index in [9.17, 15) is 0 Å². The Kier molecular flexibility index (Phi) is 3.63. The SMILES string of the molecule is C=CC(C)NCc1sc(C)nc1C. The summed E-state index contributed by atoms with van der Waals surface area (Å²) >= 11 is 1.76. The van der Waals surface area contributed by atoms with Gasteiger partial charge in [-0.1, -0.05) is 6.08 Å². The summed E-state index contributed by atoms with van der Waals surface area (Å²) in [4.78, 5) is 5.69. The Morgan fingerprint density at radius 3 is 2.77 bits per heavy atom. The van der Waals surface area contributed by atoms with Crippen LogP contribution in [0.3, 0.4) is 0 Å². The standard InChI is InChI=1S/C10H16N2S/c1-5-7(2)11-6-10-8(3)12-9(4)13-10/h5,7,11H,1,6H2,2-4H3. The van der Waals surface area contributed by atoms with Crippen molar-refractivity contribution in [3.8, 4) is 0 Å². The number of aromatic nitrogens is 1. The fourth-order valence-electron chi connectivity index (χ4n) is 1.07. The Hall–Kier alpha value is -0.670. The van der Waals surface area contributed by atoms with E-state index >= 15 is 0 Å². The molecule has 1 N–H and O–H groups in total. The largest absolute Gasteiger partial charge is 0.306 e. The Bertz CT molecular complexity index is 291. The van der Waals surface area contributed by atoms with Gasteiger partial charge < -0.3 is 5.32 Å². The van der Waals surface area contributed by atoms with E-state index in [0.29, 0.717) is 6.04 Å². The first-order valence-electron chi connectivity index (χ1n) is 4.42. The van der Waals surface area contributed by atoms with Crippen LogP contribution in [0.1, 0.15) is 22.5 Å². The van der Waals surface area contributed by atoms with Crippen molar-refractivity contribution in [3.63, 3.8) is 0 Å². The number of nitrogens with zero attached hydrogens (tertiary/aromatic N) is 1. The highest BCUT2D eigenvalue weighted by Crippen LogP contribution is 2.16. The fraction of sp³-hybridized carbons (Fsp3) is 0.500. The van der Waals surface area contributed by atoms with Gasteiger partial charge in [0.2, 0.25) is 0 Å². The maximum atomic E-state index is 4.37. The van der Waals surface area contributed by atoms with Crippen LogP contribution in [0, 0.1) is 13.8 Å². The predicted octanol–water partition coefficient (Wildman–Crippen LogP) is 2.42. The highest BCUT2D eigenvalue weighted by atomic mass is 32.1. The number of hydrogen-bond acceptors (Lipinski definition) is 3. The molecule has 1 rings (SSSR count). The second-order valence-electron chi connectivity index (χ2n) is 3.15. The molecule has 0 aliphatic rings. The van der Waals surface area contributed by atoms with E-state index in [0.717, 1.165) is 17.2 Å². The first kappa shape index (κ1) is 10.4. The van der Waals surface area contributed by atoms with E-state index < -0.39 is 0 Å². The van der Waals surface area contributed by atoms with Crippen molar-refractivity contribution in [1.29, 1.82) is 0 Å². The molecule has 0 bridgehead atoms. The highest BCUT2D eigenvalue weighted by Gasteiger charge is 2.04. The lowest BCUT2D eigenvalue weighted by Crippen LogP contribution is -2.22. The monoisotopic (exact) mass is 196 g/mol. The smallest absolute Gasteiger partial charge is 0.0900 e. The minimum Gasteiger partial charge on any atom is -0.306 e. The molecule has 0 aliphatic heterocycles. The van der Waals surface area contributed by atoms with E-state index in [1.54, 1.807) is 11.3 Å². The zero-order chi connectivity index (χ0) is 9.84. The van der Waals surface area contributed by atoms with Crippen LogP contribution in [0.25, 0.3) is 0 Å². The third-order valence-electron chi connectivity index (χ3n) is 1.94. The van der Waals surface area contributed by atoms with Crippen LogP contribution in [0.2, 0.25) is 0 Å². The van der Waals surface area contributed by atoms with Gasteiger partial charge in [-0.25, -0.2) is 4.98 Å². The minimum absolute atomic E-state index is 0.363. The Balaban J connectivity index is 2.54. The highest BCUT2D eigenvalue weighted by molar-refractivity contribution is 7.11. The van der Waals surface area contributed by atoms with Crippen molar-refractivity contribution in [3.05, 3.63) is 28.2 Å². The Labute approximate surface area is 83.7 Å². The summed E-state index contributed by atoms with van der Waals surface area (Å²) in [5, 5.41) is 4.49. The zero-order valence-electron chi connectivity index (χ0n) is 8.42. The average molecular weight is 196 g/mol. The second-order valence-corrected chi connectivity index (χ2v) is 4.43. The van der Waals surface area contributed by atoms with Crippen molar-refractivity contribution in [2.75, 3.05) is 0 Å². The number of hydrogen-bond donors (Lipinski definition) is 1. The first-order valence-corrected chi connectivity index (χ1v) is 5.24. The molecule has 2 nitrogen and oxygen atoms in total. The molecular weight excluding hydrogens is 180 g/mol. The molecule has 1 aromatic rings. The zero-order valence-corrected chi connectivity index (χ0v) is 9.24. The molecule has 0 aromatic carbocycles. The number of aryl methyl sites for hydroxylation is 2. The summed E-state index contributed by atoms with van der Waals surface area (Å²) in [6.45, 7) is 10.8. The van der Waals surface area contributed by atoms with Crippen LogP contribution in [-0.4, -0.2) is 11.0 Å². The maximum Gasteiger partial charge on any atom is 0.0900 e. The molecule has 3 heteroatoms. The first-order chi connectivity index (χ1) is 6.13. The van der Waals surface area contributed by atoms with Crippen LogP contribution in [0.4, 0.5) is 0 Å². The van der Waals surface area contributed by atoms with E-state index in [2.05, 4.69) is 30.7 Å². The summed E-state index contributed by atoms with van der Waals surface area (Å²) in [6, 6.07) is 0.363. The van der Waals surface area contributed by atoms with Gasteiger partial charge in [-0.3, -0.25) is 0 Å². The van der Waals surface area contributed by atoms with Crippen LogP contribution < -0.4 is 5.32 Å². The van der Waals surface area contributed by atoms with E-state index in [1.165, 1.54) is 4.88 Å². The predicted molar refractivity (Wildman–Crippen MR) is 58.1 cm³/mol. The normalized spacial score (nSPS) is 12.8. The summed E-state index contributed by atoms with van der Waals surface area (Å²) in [7, 11) is 0. The lowest BCUT2D eigenvalue weighted by molar-refractivity contribution is 0.637. The molecule has 0 fully saturated rings. The summed E-state index contributed by atoms with van der Waals surface area (Å²) in [5.41, 5.74) is 1.14. The molecule has 1 aromatic heterocycles. The van der Waals surface area contributed by atoms with E-state index in [4.69, 9.17) is 0 Å². The molecule has 0 saturated heterocycles. The van der Waals surface area contributed by atoms with Crippen molar-refractivity contribution < 1.29 is 0 Å². The topological polar surface area (TPSA) is 24.9 Å². The minimum atomic E-state index is 0.363. The van der Waals surface area contributed by atoms with E-state index in [-0.39, 0.29) is 0 Å². The van der Waals surface area contributed by atoms with Gasteiger partial charge in [0.15, 0.2) is 0 Å². The van der Waals surface area contributed by atoms with Gasteiger partial charge >= 0.3 is 0 Å². The van der Waals surface area contributed by atoms with Gasteiger partial charge in [0.05, 0.1) is 10.7 Å². The second kappa shape index (κ2) is 4.53. The molecule has 0 amide bonds. The Morgan fingerprint density at radius 1 is 1.62 bits per heavy atom. The van der Waals surface area contributed by atoms with Gasteiger partial charge in [0, 0.05) is 17.5 Å². The molecule has 0 radical (unpaired) electrons. The lowest BCUT2D eigenvalue weighted by Gasteiger charge is -2.07. The number of rotatable bonds is 4. The third-order valence-corrected chi connectivity index (χ3v) is 3.01. The van der Waals surface area contributed by atoms with Gasteiger partial charge in [0.1, 0.15) is 0 Å². The summed E-state index contributed by atoms with van der Waals surface area (Å²) in [6.07, 6.45) is 1.91. The lowest BCUT2D eigenvalue weighted by atomic mass is 10.3. The summed E-state index contributed by atoms with van der Waals surface area (Å²) in [5.74, 6) is 0. The number of thiazole rings is 1. The third kappa shape index (κ3) is 2.94. The molecule has 72 valence electrons. The molecule has 0 aliphatic carbocycles. The quantitative estimate of drug-likeness (QED) is 0.748. The molecule has 1 unspecified atom stereocenters. The van der Waals surface area contributed by atoms with Crippen molar-refractivity contribution >= 4 is 11.3 Å².